The number of nitrogens with one attached hydrogen (secondary N) is 2. The summed E-state index contributed by atoms with van der Waals surface area (Å²) in [5.74, 6) is 0.254. The summed E-state index contributed by atoms with van der Waals surface area (Å²) in [5.41, 5.74) is 6.89. The first-order valence-electron chi connectivity index (χ1n) is 5.93. The molecule has 19 heavy (non-hydrogen) atoms. The molecule has 1 aromatic rings. The largest absolute Gasteiger partial charge is 0.393 e. The van der Waals surface area contributed by atoms with E-state index in [1.807, 2.05) is 13.8 Å². The fourth-order valence-corrected chi connectivity index (χ4v) is 2.60. The van der Waals surface area contributed by atoms with Crippen LogP contribution in [0.15, 0.2) is 24.3 Å². The van der Waals surface area contributed by atoms with E-state index in [1.54, 1.807) is 24.3 Å². The van der Waals surface area contributed by atoms with Crippen LogP contribution in [0.25, 0.3) is 0 Å². The third-order valence-corrected chi connectivity index (χ3v) is 3.46. The van der Waals surface area contributed by atoms with Crippen LogP contribution in [0.3, 0.4) is 0 Å². The second kappa shape index (κ2) is 6.83. The molecule has 7 heteroatoms. The zero-order chi connectivity index (χ0) is 14.5. The molecule has 0 aliphatic carbocycles. The Morgan fingerprint density at radius 2 is 1.89 bits per heavy atom. The molecule has 0 amide bonds. The highest BCUT2D eigenvalue weighted by atomic mass is 32.2. The van der Waals surface area contributed by atoms with Gasteiger partial charge in [-0.05, 0) is 23.6 Å². The Hall–Kier alpha value is -1.18. The Kier molecular flexibility index (Phi) is 5.71. The number of thiocarbonyl (C=S) groups is 1. The van der Waals surface area contributed by atoms with E-state index in [9.17, 15) is 8.42 Å². The Morgan fingerprint density at radius 1 is 1.32 bits per heavy atom. The summed E-state index contributed by atoms with van der Waals surface area (Å²) in [6, 6.07) is 6.95. The van der Waals surface area contributed by atoms with Crippen LogP contribution in [0.2, 0.25) is 0 Å². The van der Waals surface area contributed by atoms with Gasteiger partial charge in [-0.15, -0.1) is 0 Å². The minimum absolute atomic E-state index is 0.254. The molecule has 0 fully saturated rings. The number of rotatable bonds is 7. The molecule has 0 aromatic heterocycles. The minimum Gasteiger partial charge on any atom is -0.393 e. The first-order valence-corrected chi connectivity index (χ1v) is 7.82. The normalized spacial score (nSPS) is 11.5. The van der Waals surface area contributed by atoms with Gasteiger partial charge in [0.15, 0.2) is 0 Å². The van der Waals surface area contributed by atoms with Gasteiger partial charge < -0.3 is 5.73 Å². The summed E-state index contributed by atoms with van der Waals surface area (Å²) < 4.78 is 28.3. The monoisotopic (exact) mass is 301 g/mol. The van der Waals surface area contributed by atoms with E-state index in [1.165, 1.54) is 0 Å². The molecule has 4 N–H and O–H groups in total. The molecule has 0 unspecified atom stereocenters. The molecule has 1 aromatic carbocycles. The van der Waals surface area contributed by atoms with Crippen molar-refractivity contribution in [3.05, 3.63) is 29.8 Å². The minimum atomic E-state index is -3.52. The maximum Gasteiger partial charge on any atom is 0.299 e. The molecular formula is C12H19N3O2S2. The first-order chi connectivity index (χ1) is 8.78. The van der Waals surface area contributed by atoms with Gasteiger partial charge in [0.05, 0.1) is 4.99 Å². The Morgan fingerprint density at radius 3 is 2.37 bits per heavy atom. The van der Waals surface area contributed by atoms with Crippen molar-refractivity contribution in [1.29, 1.82) is 0 Å². The van der Waals surface area contributed by atoms with Crippen LogP contribution in [0, 0.1) is 5.92 Å². The Bertz CT molecular complexity index is 524. The number of benzene rings is 1. The Balaban J connectivity index is 2.64. The van der Waals surface area contributed by atoms with Gasteiger partial charge in [0.25, 0.3) is 10.2 Å². The summed E-state index contributed by atoms with van der Waals surface area (Å²) in [6.45, 7) is 4.27. The van der Waals surface area contributed by atoms with Gasteiger partial charge in [0.1, 0.15) is 0 Å². The lowest BCUT2D eigenvalue weighted by Crippen LogP contribution is -2.32. The highest BCUT2D eigenvalue weighted by Gasteiger charge is 2.09. The predicted octanol–water partition coefficient (Wildman–Crippen LogP) is 1.42. The molecule has 1 rings (SSSR count). The molecular weight excluding hydrogens is 282 g/mol. The quantitative estimate of drug-likeness (QED) is 0.665. The summed E-state index contributed by atoms with van der Waals surface area (Å²) in [6.07, 6.45) is 0.508. The highest BCUT2D eigenvalue weighted by Crippen LogP contribution is 2.11. The maximum atomic E-state index is 11.7. The van der Waals surface area contributed by atoms with Gasteiger partial charge in [-0.25, -0.2) is 0 Å². The second-order valence-corrected chi connectivity index (χ2v) is 6.71. The number of nitrogens with two attached hydrogens (primary N) is 1. The second-order valence-electron chi connectivity index (χ2n) is 4.69. The van der Waals surface area contributed by atoms with E-state index >= 15 is 0 Å². The summed E-state index contributed by atoms with van der Waals surface area (Å²) >= 11 is 4.81. The van der Waals surface area contributed by atoms with Crippen molar-refractivity contribution >= 4 is 33.1 Å². The molecule has 0 saturated heterocycles. The predicted molar refractivity (Wildman–Crippen MR) is 82.3 cm³/mol. The number of hydrogen-bond acceptors (Lipinski definition) is 3. The van der Waals surface area contributed by atoms with Gasteiger partial charge >= 0.3 is 0 Å². The van der Waals surface area contributed by atoms with Gasteiger partial charge in [0.2, 0.25) is 0 Å². The molecule has 0 bridgehead atoms. The molecule has 0 saturated carbocycles. The fraction of sp³-hybridized carbons (Fsp3) is 0.417. The van der Waals surface area contributed by atoms with Crippen molar-refractivity contribution in [3.63, 3.8) is 0 Å². The lowest BCUT2D eigenvalue weighted by molar-refractivity contribution is 0.565. The lowest BCUT2D eigenvalue weighted by atomic mass is 10.1. The standard InChI is InChI=1S/C12H19N3O2S2/c1-9(2)8-14-19(16,17)15-11-5-3-10(4-6-11)7-12(13)18/h3-6,9,14-15H,7-8H2,1-2H3,(H2,13,18). The van der Waals surface area contributed by atoms with Crippen molar-refractivity contribution in [2.45, 2.75) is 20.3 Å². The zero-order valence-corrected chi connectivity index (χ0v) is 12.6. The molecule has 0 aliphatic rings. The zero-order valence-electron chi connectivity index (χ0n) is 11.0. The topological polar surface area (TPSA) is 84.2 Å². The summed E-state index contributed by atoms with van der Waals surface area (Å²) in [5, 5.41) is 0. The van der Waals surface area contributed by atoms with Crippen LogP contribution in [0.1, 0.15) is 19.4 Å². The highest BCUT2D eigenvalue weighted by molar-refractivity contribution is 7.90. The van der Waals surface area contributed by atoms with Crippen molar-refractivity contribution in [3.8, 4) is 0 Å². The van der Waals surface area contributed by atoms with Crippen molar-refractivity contribution in [1.82, 2.24) is 4.72 Å². The molecule has 106 valence electrons. The first kappa shape index (κ1) is 15.9. The van der Waals surface area contributed by atoms with Gasteiger partial charge in [-0.1, -0.05) is 38.2 Å². The van der Waals surface area contributed by atoms with Crippen molar-refractivity contribution < 1.29 is 8.42 Å². The van der Waals surface area contributed by atoms with E-state index < -0.39 is 10.2 Å². The van der Waals surface area contributed by atoms with Crippen LogP contribution < -0.4 is 15.2 Å². The fourth-order valence-electron chi connectivity index (χ4n) is 1.36. The SMILES string of the molecule is CC(C)CNS(=O)(=O)Nc1ccc(CC(N)=S)cc1. The Labute approximate surface area is 119 Å². The van der Waals surface area contributed by atoms with Gasteiger partial charge in [0, 0.05) is 18.7 Å². The van der Waals surface area contributed by atoms with Crippen LogP contribution in [-0.2, 0) is 16.6 Å². The van der Waals surface area contributed by atoms with E-state index in [0.29, 0.717) is 23.6 Å². The van der Waals surface area contributed by atoms with E-state index in [0.717, 1.165) is 5.56 Å². The van der Waals surface area contributed by atoms with E-state index in [4.69, 9.17) is 18.0 Å². The van der Waals surface area contributed by atoms with Crippen LogP contribution >= 0.6 is 12.2 Å². The summed E-state index contributed by atoms with van der Waals surface area (Å²) in [7, 11) is -3.52. The lowest BCUT2D eigenvalue weighted by Gasteiger charge is -2.11. The smallest absolute Gasteiger partial charge is 0.299 e. The number of hydrogen-bond donors (Lipinski definition) is 3. The van der Waals surface area contributed by atoms with Crippen LogP contribution in [0.4, 0.5) is 5.69 Å². The van der Waals surface area contributed by atoms with Gasteiger partial charge in [-0.2, -0.15) is 13.1 Å². The molecule has 0 atom stereocenters. The molecule has 0 spiro atoms. The maximum absolute atomic E-state index is 11.7. The number of anilines is 1. The van der Waals surface area contributed by atoms with E-state index in [2.05, 4.69) is 9.44 Å². The molecule has 0 heterocycles. The molecule has 5 nitrogen and oxygen atoms in total. The van der Waals surface area contributed by atoms with E-state index in [-0.39, 0.29) is 5.92 Å². The average molecular weight is 301 g/mol. The average Bonchev–Trinajstić information content (AvgIpc) is 2.28. The van der Waals surface area contributed by atoms with Crippen LogP contribution in [-0.4, -0.2) is 20.0 Å². The summed E-state index contributed by atoms with van der Waals surface area (Å²) in [4.78, 5) is 0.409. The van der Waals surface area contributed by atoms with Crippen molar-refractivity contribution in [2.75, 3.05) is 11.3 Å². The third kappa shape index (κ3) is 6.51. The van der Waals surface area contributed by atoms with Crippen LogP contribution in [0.5, 0.6) is 0 Å². The van der Waals surface area contributed by atoms with Gasteiger partial charge in [-0.3, -0.25) is 4.72 Å². The van der Waals surface area contributed by atoms with Crippen molar-refractivity contribution in [2.24, 2.45) is 11.7 Å². The third-order valence-electron chi connectivity index (χ3n) is 2.27. The molecule has 0 radical (unpaired) electrons. The molecule has 0 aliphatic heterocycles.